The standard InChI is InChI=1S/C7H15NO2.C2H6/c1-3-8-4-7-9-5-6(2)10-7;1-2/h6-8H,3-5H2,1-2H3;1-2H3. The van der Waals surface area contributed by atoms with Crippen LogP contribution in [0.15, 0.2) is 0 Å². The number of rotatable bonds is 3. The Hall–Kier alpha value is -0.120. The minimum atomic E-state index is -0.0186. The van der Waals surface area contributed by atoms with Crippen LogP contribution in [0.25, 0.3) is 0 Å². The molecule has 0 saturated carbocycles. The first-order valence-electron chi connectivity index (χ1n) is 4.80. The van der Waals surface area contributed by atoms with E-state index in [4.69, 9.17) is 9.47 Å². The molecule has 1 aliphatic rings. The molecule has 12 heavy (non-hydrogen) atoms. The van der Waals surface area contributed by atoms with Crippen molar-refractivity contribution in [2.75, 3.05) is 19.7 Å². The first kappa shape index (κ1) is 11.9. The molecule has 0 aromatic rings. The zero-order chi connectivity index (χ0) is 9.40. The second-order valence-electron chi connectivity index (χ2n) is 2.52. The van der Waals surface area contributed by atoms with Crippen molar-refractivity contribution >= 4 is 0 Å². The van der Waals surface area contributed by atoms with Crippen molar-refractivity contribution in [3.63, 3.8) is 0 Å². The van der Waals surface area contributed by atoms with Crippen molar-refractivity contribution in [3.05, 3.63) is 0 Å². The highest BCUT2D eigenvalue weighted by molar-refractivity contribution is 4.61. The molecule has 0 aromatic carbocycles. The fraction of sp³-hybridized carbons (Fsp3) is 1.00. The van der Waals surface area contributed by atoms with Crippen LogP contribution < -0.4 is 5.32 Å². The van der Waals surface area contributed by atoms with E-state index in [1.54, 1.807) is 0 Å². The van der Waals surface area contributed by atoms with Gasteiger partial charge in [-0.3, -0.25) is 0 Å². The van der Waals surface area contributed by atoms with E-state index in [1.807, 2.05) is 20.8 Å². The van der Waals surface area contributed by atoms with E-state index in [2.05, 4.69) is 12.2 Å². The summed E-state index contributed by atoms with van der Waals surface area (Å²) in [5.41, 5.74) is 0. The molecular formula is C9H21NO2. The number of likely N-dealkylation sites (N-methyl/N-ethyl adjacent to an activating group) is 1. The third kappa shape index (κ3) is 4.70. The fourth-order valence-corrected chi connectivity index (χ4v) is 0.950. The molecule has 0 radical (unpaired) electrons. The molecule has 3 heteroatoms. The van der Waals surface area contributed by atoms with Gasteiger partial charge in [-0.05, 0) is 13.5 Å². The Bertz CT molecular complexity index is 98.5. The van der Waals surface area contributed by atoms with Gasteiger partial charge in [-0.25, -0.2) is 0 Å². The lowest BCUT2D eigenvalue weighted by Gasteiger charge is -2.08. The summed E-state index contributed by atoms with van der Waals surface area (Å²) in [7, 11) is 0. The summed E-state index contributed by atoms with van der Waals surface area (Å²) >= 11 is 0. The van der Waals surface area contributed by atoms with Crippen molar-refractivity contribution in [2.45, 2.75) is 40.1 Å². The molecule has 0 amide bonds. The second kappa shape index (κ2) is 7.53. The molecule has 74 valence electrons. The van der Waals surface area contributed by atoms with Gasteiger partial charge in [0.25, 0.3) is 0 Å². The topological polar surface area (TPSA) is 30.5 Å². The van der Waals surface area contributed by atoms with Crippen LogP contribution in [0.5, 0.6) is 0 Å². The van der Waals surface area contributed by atoms with E-state index in [9.17, 15) is 0 Å². The summed E-state index contributed by atoms with van der Waals surface area (Å²) in [6.45, 7) is 10.6. The monoisotopic (exact) mass is 175 g/mol. The largest absolute Gasteiger partial charge is 0.349 e. The molecule has 2 unspecified atom stereocenters. The van der Waals surface area contributed by atoms with E-state index < -0.39 is 0 Å². The summed E-state index contributed by atoms with van der Waals surface area (Å²) in [6, 6.07) is 0. The summed E-state index contributed by atoms with van der Waals surface area (Å²) in [4.78, 5) is 0. The first-order valence-corrected chi connectivity index (χ1v) is 4.80. The molecule has 0 aromatic heterocycles. The van der Waals surface area contributed by atoms with Gasteiger partial charge in [0, 0.05) is 6.54 Å². The summed E-state index contributed by atoms with van der Waals surface area (Å²) in [5, 5.41) is 3.16. The van der Waals surface area contributed by atoms with Crippen LogP contribution >= 0.6 is 0 Å². The smallest absolute Gasteiger partial charge is 0.170 e. The fourth-order valence-electron chi connectivity index (χ4n) is 0.950. The number of hydrogen-bond acceptors (Lipinski definition) is 3. The van der Waals surface area contributed by atoms with Crippen LogP contribution in [0.3, 0.4) is 0 Å². The summed E-state index contributed by atoms with van der Waals surface area (Å²) in [6.07, 6.45) is 0.249. The van der Waals surface area contributed by atoms with E-state index in [1.165, 1.54) is 0 Å². The van der Waals surface area contributed by atoms with Crippen molar-refractivity contribution in [1.29, 1.82) is 0 Å². The van der Waals surface area contributed by atoms with E-state index in [-0.39, 0.29) is 12.4 Å². The van der Waals surface area contributed by atoms with Crippen molar-refractivity contribution in [1.82, 2.24) is 5.32 Å². The van der Waals surface area contributed by atoms with Gasteiger partial charge in [-0.15, -0.1) is 0 Å². The molecule has 0 aliphatic carbocycles. The lowest BCUT2D eigenvalue weighted by Crippen LogP contribution is -2.27. The molecule has 1 aliphatic heterocycles. The van der Waals surface area contributed by atoms with Gasteiger partial charge in [0.1, 0.15) is 0 Å². The maximum Gasteiger partial charge on any atom is 0.170 e. The van der Waals surface area contributed by atoms with Crippen molar-refractivity contribution < 1.29 is 9.47 Å². The Morgan fingerprint density at radius 1 is 1.42 bits per heavy atom. The van der Waals surface area contributed by atoms with Gasteiger partial charge in [0.2, 0.25) is 0 Å². The molecule has 2 atom stereocenters. The predicted molar refractivity (Wildman–Crippen MR) is 50.2 cm³/mol. The van der Waals surface area contributed by atoms with Gasteiger partial charge >= 0.3 is 0 Å². The highest BCUT2D eigenvalue weighted by Gasteiger charge is 2.20. The predicted octanol–water partition coefficient (Wildman–Crippen LogP) is 1.38. The second-order valence-corrected chi connectivity index (χ2v) is 2.52. The normalized spacial score (nSPS) is 28.0. The highest BCUT2D eigenvalue weighted by Crippen LogP contribution is 2.08. The maximum absolute atomic E-state index is 5.38. The van der Waals surface area contributed by atoms with Gasteiger partial charge in [-0.1, -0.05) is 20.8 Å². The third-order valence-corrected chi connectivity index (χ3v) is 1.46. The van der Waals surface area contributed by atoms with E-state index in [0.717, 1.165) is 19.7 Å². The molecule has 1 rings (SSSR count). The van der Waals surface area contributed by atoms with Crippen LogP contribution in [-0.2, 0) is 9.47 Å². The average Bonchev–Trinajstić information content (AvgIpc) is 2.51. The minimum Gasteiger partial charge on any atom is -0.349 e. The quantitative estimate of drug-likeness (QED) is 0.703. The van der Waals surface area contributed by atoms with Crippen molar-refractivity contribution in [3.8, 4) is 0 Å². The van der Waals surface area contributed by atoms with E-state index >= 15 is 0 Å². The Labute approximate surface area is 75.4 Å². The van der Waals surface area contributed by atoms with E-state index in [0.29, 0.717) is 0 Å². The zero-order valence-corrected chi connectivity index (χ0v) is 8.59. The number of ether oxygens (including phenoxy) is 2. The molecule has 0 spiro atoms. The molecule has 0 bridgehead atoms. The molecule has 1 N–H and O–H groups in total. The van der Waals surface area contributed by atoms with Crippen LogP contribution in [0.1, 0.15) is 27.7 Å². The lowest BCUT2D eigenvalue weighted by molar-refractivity contribution is -0.0514. The molecule has 1 fully saturated rings. The van der Waals surface area contributed by atoms with Crippen LogP contribution in [0.2, 0.25) is 0 Å². The Kier molecular flexibility index (Phi) is 7.45. The highest BCUT2D eigenvalue weighted by atomic mass is 16.7. The number of nitrogens with one attached hydrogen (secondary N) is 1. The Morgan fingerprint density at radius 3 is 2.50 bits per heavy atom. The van der Waals surface area contributed by atoms with Gasteiger partial charge in [0.15, 0.2) is 6.29 Å². The Morgan fingerprint density at radius 2 is 2.08 bits per heavy atom. The summed E-state index contributed by atoms with van der Waals surface area (Å²) < 4.78 is 10.7. The van der Waals surface area contributed by atoms with Crippen LogP contribution in [-0.4, -0.2) is 32.1 Å². The molecular weight excluding hydrogens is 154 g/mol. The maximum atomic E-state index is 5.38. The zero-order valence-electron chi connectivity index (χ0n) is 8.59. The third-order valence-electron chi connectivity index (χ3n) is 1.46. The molecule has 3 nitrogen and oxygen atoms in total. The van der Waals surface area contributed by atoms with Crippen LogP contribution in [0, 0.1) is 0 Å². The van der Waals surface area contributed by atoms with Crippen molar-refractivity contribution in [2.24, 2.45) is 0 Å². The van der Waals surface area contributed by atoms with Gasteiger partial charge in [0.05, 0.1) is 12.7 Å². The summed E-state index contributed by atoms with van der Waals surface area (Å²) in [5.74, 6) is 0. The van der Waals surface area contributed by atoms with Crippen LogP contribution in [0.4, 0.5) is 0 Å². The van der Waals surface area contributed by atoms with Gasteiger partial charge < -0.3 is 14.8 Å². The average molecular weight is 175 g/mol. The molecule has 1 saturated heterocycles. The molecule has 1 heterocycles. The lowest BCUT2D eigenvalue weighted by atomic mass is 10.5. The number of hydrogen-bond donors (Lipinski definition) is 1. The first-order chi connectivity index (χ1) is 5.83. The van der Waals surface area contributed by atoms with Gasteiger partial charge in [-0.2, -0.15) is 0 Å². The Balaban J connectivity index is 0.000000561. The SMILES string of the molecule is CC.CCNCC1OCC(C)O1. The minimum absolute atomic E-state index is 0.0186.